The first-order chi connectivity index (χ1) is 21.4. The molecule has 45 heavy (non-hydrogen) atoms. The third-order valence-corrected chi connectivity index (χ3v) is 6.49. The van der Waals surface area contributed by atoms with Gasteiger partial charge in [-0.1, -0.05) is 26.0 Å². The van der Waals surface area contributed by atoms with E-state index in [9.17, 15) is 33.8 Å². The third kappa shape index (κ3) is 8.80. The van der Waals surface area contributed by atoms with Crippen molar-refractivity contribution in [3.8, 4) is 0 Å². The van der Waals surface area contributed by atoms with E-state index < -0.39 is 60.9 Å². The zero-order chi connectivity index (χ0) is 33.9. The van der Waals surface area contributed by atoms with Crippen LogP contribution in [0, 0.1) is 0 Å². The van der Waals surface area contributed by atoms with Crippen LogP contribution in [0.1, 0.15) is 48.8 Å². The van der Waals surface area contributed by atoms with Gasteiger partial charge in [-0.3, -0.25) is 18.5 Å². The van der Waals surface area contributed by atoms with Crippen LogP contribution in [0.4, 0.5) is 14.6 Å². The second kappa shape index (κ2) is 16.6. The lowest BCUT2D eigenvalue weighted by Crippen LogP contribution is -2.52. The van der Waals surface area contributed by atoms with Gasteiger partial charge in [0.25, 0.3) is 11.5 Å². The Hall–Kier alpha value is -4.48. The lowest BCUT2D eigenvalue weighted by Gasteiger charge is -2.27. The molecule has 0 saturated carbocycles. The van der Waals surface area contributed by atoms with Crippen LogP contribution < -0.4 is 11.1 Å². The van der Waals surface area contributed by atoms with E-state index >= 15 is 4.39 Å². The summed E-state index contributed by atoms with van der Waals surface area (Å²) >= 11 is 5.86. The number of carbonyl (C=O) groups is 4. The SMILES string of the molecule is CC.CF.Nc1nc(Cl)nc2c1ncn2C1OC(COC(Cc2ccc(C(=O)NCCC(=O)O)cc2)(C(=O)O)C(=O)O)CC1F. The quantitative estimate of drug-likeness (QED) is 0.139. The monoisotopic (exact) mass is 658 g/mol. The summed E-state index contributed by atoms with van der Waals surface area (Å²) < 4.78 is 36.9. The smallest absolute Gasteiger partial charge is 0.348 e. The number of carbonyl (C=O) groups excluding carboxylic acids is 1. The van der Waals surface area contributed by atoms with Crippen molar-refractivity contribution in [2.24, 2.45) is 0 Å². The fourth-order valence-electron chi connectivity index (χ4n) is 4.25. The molecule has 246 valence electrons. The fourth-order valence-corrected chi connectivity index (χ4v) is 4.42. The number of fused-ring (bicyclic) bond motifs is 1. The van der Waals surface area contributed by atoms with Gasteiger partial charge in [0, 0.05) is 24.9 Å². The summed E-state index contributed by atoms with van der Waals surface area (Å²) in [4.78, 5) is 58.9. The largest absolute Gasteiger partial charge is 0.481 e. The Balaban J connectivity index is 0.00000169. The number of nitrogen functional groups attached to an aromatic ring is 1. The lowest BCUT2D eigenvalue weighted by molar-refractivity contribution is -0.188. The van der Waals surface area contributed by atoms with Crippen molar-refractivity contribution in [1.82, 2.24) is 24.8 Å². The van der Waals surface area contributed by atoms with E-state index in [1.54, 1.807) is 0 Å². The van der Waals surface area contributed by atoms with Crippen molar-refractivity contribution in [1.29, 1.82) is 0 Å². The highest BCUT2D eigenvalue weighted by atomic mass is 35.5. The highest BCUT2D eigenvalue weighted by Crippen LogP contribution is 2.35. The number of anilines is 1. The van der Waals surface area contributed by atoms with E-state index in [0.29, 0.717) is 7.18 Å². The number of nitrogens with one attached hydrogen (secondary N) is 1. The minimum absolute atomic E-state index is 0.0217. The van der Waals surface area contributed by atoms with E-state index in [-0.39, 0.29) is 52.8 Å². The fraction of sp³-hybridized carbons (Fsp3) is 0.444. The molecule has 0 aliphatic carbocycles. The predicted molar refractivity (Wildman–Crippen MR) is 155 cm³/mol. The maximum Gasteiger partial charge on any atom is 0.348 e. The van der Waals surface area contributed by atoms with Gasteiger partial charge in [0.2, 0.25) is 5.28 Å². The van der Waals surface area contributed by atoms with Gasteiger partial charge in [0.1, 0.15) is 11.7 Å². The highest BCUT2D eigenvalue weighted by molar-refractivity contribution is 6.28. The number of ether oxygens (including phenoxy) is 2. The first-order valence-corrected chi connectivity index (χ1v) is 13.8. The molecular weight excluding hydrogens is 626 g/mol. The maximum atomic E-state index is 15.0. The number of carboxylic acid groups (broad SMARTS) is 3. The average molecular weight is 659 g/mol. The van der Waals surface area contributed by atoms with Gasteiger partial charge in [-0.05, 0) is 29.3 Å². The van der Waals surface area contributed by atoms with Crippen LogP contribution in [0.3, 0.4) is 0 Å². The van der Waals surface area contributed by atoms with Gasteiger partial charge in [0.05, 0.1) is 32.6 Å². The van der Waals surface area contributed by atoms with Crippen molar-refractivity contribution in [3.05, 3.63) is 47.0 Å². The Kier molecular flexibility index (Phi) is 13.5. The van der Waals surface area contributed by atoms with Gasteiger partial charge >= 0.3 is 17.9 Å². The number of hydrogen-bond donors (Lipinski definition) is 5. The third-order valence-electron chi connectivity index (χ3n) is 6.32. The Bertz CT molecular complexity index is 1480. The number of aliphatic carboxylic acids is 3. The van der Waals surface area contributed by atoms with Crippen molar-refractivity contribution >= 4 is 52.4 Å². The molecule has 0 spiro atoms. The number of aromatic nitrogens is 4. The van der Waals surface area contributed by atoms with Crippen molar-refractivity contribution < 1.29 is 52.8 Å². The Morgan fingerprint density at radius 1 is 1.13 bits per heavy atom. The molecule has 1 saturated heterocycles. The predicted octanol–water partition coefficient (Wildman–Crippen LogP) is 2.67. The number of amides is 1. The Morgan fingerprint density at radius 2 is 1.76 bits per heavy atom. The number of carboxylic acids is 3. The zero-order valence-electron chi connectivity index (χ0n) is 24.4. The molecule has 1 aliphatic heterocycles. The number of hydrogen-bond acceptors (Lipinski definition) is 10. The van der Waals surface area contributed by atoms with Crippen LogP contribution in [-0.2, 0) is 30.3 Å². The summed E-state index contributed by atoms with van der Waals surface area (Å²) in [6.45, 7) is 3.32. The van der Waals surface area contributed by atoms with Gasteiger partial charge in [-0.25, -0.2) is 19.0 Å². The molecule has 1 aromatic carbocycles. The van der Waals surface area contributed by atoms with Gasteiger partial charge < -0.3 is 35.8 Å². The molecule has 2 aromatic heterocycles. The molecule has 4 rings (SSSR count). The molecule has 3 heterocycles. The normalized spacial score (nSPS) is 17.4. The molecule has 0 radical (unpaired) electrons. The van der Waals surface area contributed by atoms with Crippen LogP contribution in [0.5, 0.6) is 0 Å². The molecule has 1 amide bonds. The van der Waals surface area contributed by atoms with E-state index in [2.05, 4.69) is 20.3 Å². The second-order valence-corrected chi connectivity index (χ2v) is 9.46. The van der Waals surface area contributed by atoms with Crippen LogP contribution in [0.25, 0.3) is 11.2 Å². The molecular formula is C27H33ClF2N6O9. The minimum Gasteiger partial charge on any atom is -0.481 e. The lowest BCUT2D eigenvalue weighted by atomic mass is 9.93. The minimum atomic E-state index is -2.75. The highest BCUT2D eigenvalue weighted by Gasteiger charge is 2.50. The molecule has 1 fully saturated rings. The van der Waals surface area contributed by atoms with E-state index in [4.69, 9.17) is 31.9 Å². The molecule has 18 heteroatoms. The molecule has 3 aromatic rings. The summed E-state index contributed by atoms with van der Waals surface area (Å²) in [5.41, 5.74) is 3.67. The van der Waals surface area contributed by atoms with Crippen molar-refractivity contribution in [3.63, 3.8) is 0 Å². The maximum absolute atomic E-state index is 15.0. The van der Waals surface area contributed by atoms with Gasteiger partial charge in [-0.2, -0.15) is 9.97 Å². The number of rotatable bonds is 12. The van der Waals surface area contributed by atoms with Crippen molar-refractivity contribution in [2.75, 3.05) is 26.1 Å². The summed E-state index contributed by atoms with van der Waals surface area (Å²) in [6, 6.07) is 5.35. The van der Waals surface area contributed by atoms with E-state index in [1.807, 2.05) is 13.8 Å². The average Bonchev–Trinajstić information content (AvgIpc) is 3.59. The molecule has 15 nitrogen and oxygen atoms in total. The van der Waals surface area contributed by atoms with Crippen LogP contribution >= 0.6 is 11.6 Å². The zero-order valence-corrected chi connectivity index (χ0v) is 25.2. The molecule has 3 atom stereocenters. The molecule has 1 aliphatic rings. The number of nitrogens with zero attached hydrogens (tertiary/aromatic N) is 4. The van der Waals surface area contributed by atoms with E-state index in [1.165, 1.54) is 35.2 Å². The number of imidazole rings is 1. The molecule has 3 unspecified atom stereocenters. The van der Waals surface area contributed by atoms with Gasteiger partial charge in [-0.15, -0.1) is 0 Å². The molecule has 6 N–H and O–H groups in total. The summed E-state index contributed by atoms with van der Waals surface area (Å²) in [7, 11) is 0.500. The summed E-state index contributed by atoms with van der Waals surface area (Å²) in [5.74, 6) is -5.26. The number of nitrogens with two attached hydrogens (primary N) is 1. The number of halogens is 3. The standard InChI is InChI=1S/C24H24ClFN6O9.C2H6.CH3F/c25-23-30-17(27)16-18(31-23)32(10-29-16)20-14(26)7-13(41-20)9-40-24(21(36)37,22(38)39)8-11-1-3-12(4-2-11)19(35)28-6-5-15(33)34;2*1-2/h1-4,10,13-14,20H,5-9H2,(H,28,35)(H,33,34)(H,36,37)(H,38,39)(H2,27,30,31);1-2H3;1H3. The van der Waals surface area contributed by atoms with Gasteiger partial charge in [0.15, 0.2) is 17.7 Å². The topological polar surface area (TPSA) is 229 Å². The second-order valence-electron chi connectivity index (χ2n) is 9.12. The first-order valence-electron chi connectivity index (χ1n) is 13.4. The number of benzene rings is 1. The van der Waals surface area contributed by atoms with Crippen LogP contribution in [-0.4, -0.2) is 96.9 Å². The summed E-state index contributed by atoms with van der Waals surface area (Å²) in [5, 5.41) is 30.6. The number of alkyl halides is 2. The van der Waals surface area contributed by atoms with Crippen molar-refractivity contribution in [2.45, 2.75) is 57.2 Å². The first kappa shape index (κ1) is 36.7. The van der Waals surface area contributed by atoms with Crippen LogP contribution in [0.15, 0.2) is 30.6 Å². The molecule has 0 bridgehead atoms. The van der Waals surface area contributed by atoms with Crippen LogP contribution in [0.2, 0.25) is 5.28 Å². The Morgan fingerprint density at radius 3 is 2.33 bits per heavy atom. The van der Waals surface area contributed by atoms with E-state index in [0.717, 1.165) is 0 Å². The Labute approximate surface area is 260 Å². The summed E-state index contributed by atoms with van der Waals surface area (Å²) in [6.07, 6.45) is -3.81.